The number of carboxylic acid groups (broad SMARTS) is 1. The van der Waals surface area contributed by atoms with Gasteiger partial charge in [0.05, 0.1) is 6.42 Å². The standard InChI is InChI=1S/C9H17NO3S/c1-7(9(13)10(2)3)6-14-5-4-8(11)12/h7H,4-6H2,1-3H3,(H,11,12)/t7-/m1/s1. The molecule has 0 aromatic rings. The molecular weight excluding hydrogens is 202 g/mol. The second kappa shape index (κ2) is 6.70. The van der Waals surface area contributed by atoms with E-state index in [9.17, 15) is 9.59 Å². The lowest BCUT2D eigenvalue weighted by atomic mass is 10.2. The van der Waals surface area contributed by atoms with Gasteiger partial charge >= 0.3 is 5.97 Å². The fourth-order valence-electron chi connectivity index (χ4n) is 0.932. The minimum absolute atomic E-state index is 0.0382. The van der Waals surface area contributed by atoms with E-state index >= 15 is 0 Å². The smallest absolute Gasteiger partial charge is 0.304 e. The van der Waals surface area contributed by atoms with Gasteiger partial charge in [0.15, 0.2) is 0 Å². The van der Waals surface area contributed by atoms with Gasteiger partial charge in [-0.05, 0) is 0 Å². The number of carbonyl (C=O) groups excluding carboxylic acids is 1. The number of carbonyl (C=O) groups is 2. The Bertz CT molecular complexity index is 206. The first-order chi connectivity index (χ1) is 6.45. The topological polar surface area (TPSA) is 57.6 Å². The highest BCUT2D eigenvalue weighted by Crippen LogP contribution is 2.11. The van der Waals surface area contributed by atoms with Crippen LogP contribution in [-0.4, -0.2) is 47.5 Å². The Balaban J connectivity index is 3.59. The normalized spacial score (nSPS) is 12.2. The second-order valence-electron chi connectivity index (χ2n) is 3.35. The Kier molecular flexibility index (Phi) is 6.36. The molecule has 1 atom stereocenters. The van der Waals surface area contributed by atoms with Gasteiger partial charge in [-0.1, -0.05) is 6.92 Å². The van der Waals surface area contributed by atoms with Crippen LogP contribution in [0.15, 0.2) is 0 Å². The molecule has 4 nitrogen and oxygen atoms in total. The van der Waals surface area contributed by atoms with Crippen LogP contribution in [-0.2, 0) is 9.59 Å². The summed E-state index contributed by atoms with van der Waals surface area (Å²) in [7, 11) is 3.45. The van der Waals surface area contributed by atoms with Crippen LogP contribution in [0.3, 0.4) is 0 Å². The van der Waals surface area contributed by atoms with Crippen LogP contribution >= 0.6 is 11.8 Å². The van der Waals surface area contributed by atoms with Crippen molar-refractivity contribution in [3.05, 3.63) is 0 Å². The molecule has 1 amide bonds. The zero-order valence-corrected chi connectivity index (χ0v) is 9.63. The van der Waals surface area contributed by atoms with Crippen molar-refractivity contribution in [2.24, 2.45) is 5.92 Å². The summed E-state index contributed by atoms with van der Waals surface area (Å²) in [6.45, 7) is 1.86. The van der Waals surface area contributed by atoms with E-state index in [4.69, 9.17) is 5.11 Å². The Morgan fingerprint density at radius 1 is 1.43 bits per heavy atom. The quantitative estimate of drug-likeness (QED) is 0.675. The molecule has 0 aliphatic carbocycles. The summed E-state index contributed by atoms with van der Waals surface area (Å²) < 4.78 is 0. The first-order valence-electron chi connectivity index (χ1n) is 4.46. The van der Waals surface area contributed by atoms with Gasteiger partial charge in [-0.25, -0.2) is 0 Å². The van der Waals surface area contributed by atoms with Gasteiger partial charge < -0.3 is 10.0 Å². The molecule has 0 unspecified atom stereocenters. The first kappa shape index (κ1) is 13.3. The van der Waals surface area contributed by atoms with Crippen LogP contribution in [0.2, 0.25) is 0 Å². The molecule has 14 heavy (non-hydrogen) atoms. The van der Waals surface area contributed by atoms with Crippen LogP contribution in [0.25, 0.3) is 0 Å². The monoisotopic (exact) mass is 219 g/mol. The Hall–Kier alpha value is -0.710. The SMILES string of the molecule is C[C@H](CSCCC(=O)O)C(=O)N(C)C. The molecule has 5 heteroatoms. The predicted octanol–water partition coefficient (Wildman–Crippen LogP) is 0.919. The van der Waals surface area contributed by atoms with Crippen LogP contribution in [0.4, 0.5) is 0 Å². The average molecular weight is 219 g/mol. The molecule has 0 aromatic heterocycles. The molecule has 0 spiro atoms. The van der Waals surface area contributed by atoms with E-state index in [0.717, 1.165) is 0 Å². The zero-order chi connectivity index (χ0) is 11.1. The van der Waals surface area contributed by atoms with E-state index in [-0.39, 0.29) is 18.2 Å². The summed E-state index contributed by atoms with van der Waals surface area (Å²) in [6, 6.07) is 0. The van der Waals surface area contributed by atoms with E-state index in [0.29, 0.717) is 11.5 Å². The summed E-state index contributed by atoms with van der Waals surface area (Å²) in [5.41, 5.74) is 0. The molecule has 0 rings (SSSR count). The molecule has 0 aromatic carbocycles. The second-order valence-corrected chi connectivity index (χ2v) is 4.50. The Morgan fingerprint density at radius 2 is 2.00 bits per heavy atom. The highest BCUT2D eigenvalue weighted by atomic mass is 32.2. The molecule has 0 aliphatic rings. The van der Waals surface area contributed by atoms with Crippen molar-refractivity contribution < 1.29 is 14.7 Å². The number of hydrogen-bond acceptors (Lipinski definition) is 3. The van der Waals surface area contributed by atoms with Gasteiger partial charge in [0, 0.05) is 31.5 Å². The average Bonchev–Trinajstić information content (AvgIpc) is 2.10. The van der Waals surface area contributed by atoms with Gasteiger partial charge in [-0.2, -0.15) is 11.8 Å². The first-order valence-corrected chi connectivity index (χ1v) is 5.61. The van der Waals surface area contributed by atoms with Gasteiger partial charge in [-0.15, -0.1) is 0 Å². The molecule has 1 N–H and O–H groups in total. The van der Waals surface area contributed by atoms with Crippen LogP contribution in [0.5, 0.6) is 0 Å². The lowest BCUT2D eigenvalue weighted by molar-refractivity contribution is -0.136. The van der Waals surface area contributed by atoms with E-state index in [1.165, 1.54) is 11.8 Å². The number of aliphatic carboxylic acids is 1. The third-order valence-electron chi connectivity index (χ3n) is 1.69. The van der Waals surface area contributed by atoms with Crippen molar-refractivity contribution in [1.82, 2.24) is 4.90 Å². The molecule has 0 bridgehead atoms. The molecule has 0 aliphatic heterocycles. The third-order valence-corrected chi connectivity index (χ3v) is 2.92. The van der Waals surface area contributed by atoms with E-state index in [2.05, 4.69) is 0 Å². The summed E-state index contributed by atoms with van der Waals surface area (Å²) in [5, 5.41) is 8.39. The molecule has 0 fully saturated rings. The fourth-order valence-corrected chi connectivity index (χ4v) is 1.91. The van der Waals surface area contributed by atoms with E-state index in [1.54, 1.807) is 19.0 Å². The van der Waals surface area contributed by atoms with Gasteiger partial charge in [0.1, 0.15) is 0 Å². The summed E-state index contributed by atoms with van der Waals surface area (Å²) in [4.78, 5) is 23.1. The summed E-state index contributed by atoms with van der Waals surface area (Å²) in [5.74, 6) is 0.519. The van der Waals surface area contributed by atoms with Crippen LogP contribution in [0, 0.1) is 5.92 Å². The van der Waals surface area contributed by atoms with Crippen molar-refractivity contribution in [1.29, 1.82) is 0 Å². The zero-order valence-electron chi connectivity index (χ0n) is 8.82. The van der Waals surface area contributed by atoms with Crippen molar-refractivity contribution >= 4 is 23.6 Å². The highest BCUT2D eigenvalue weighted by molar-refractivity contribution is 7.99. The molecule has 0 saturated heterocycles. The number of amides is 1. The molecule has 0 saturated carbocycles. The van der Waals surface area contributed by atoms with Crippen molar-refractivity contribution in [2.75, 3.05) is 25.6 Å². The van der Waals surface area contributed by atoms with E-state index in [1.807, 2.05) is 6.92 Å². The molecule has 0 heterocycles. The van der Waals surface area contributed by atoms with E-state index < -0.39 is 5.97 Å². The maximum absolute atomic E-state index is 11.4. The maximum Gasteiger partial charge on any atom is 0.304 e. The molecule has 82 valence electrons. The van der Waals surface area contributed by atoms with Crippen molar-refractivity contribution in [2.45, 2.75) is 13.3 Å². The highest BCUT2D eigenvalue weighted by Gasteiger charge is 2.14. The maximum atomic E-state index is 11.4. The van der Waals surface area contributed by atoms with Gasteiger partial charge in [0.25, 0.3) is 0 Å². The molecule has 0 radical (unpaired) electrons. The van der Waals surface area contributed by atoms with Crippen molar-refractivity contribution in [3.63, 3.8) is 0 Å². The van der Waals surface area contributed by atoms with Crippen LogP contribution in [0.1, 0.15) is 13.3 Å². The minimum atomic E-state index is -0.788. The minimum Gasteiger partial charge on any atom is -0.481 e. The summed E-state index contributed by atoms with van der Waals surface area (Å²) >= 11 is 1.51. The third kappa shape index (κ3) is 5.85. The van der Waals surface area contributed by atoms with Crippen molar-refractivity contribution in [3.8, 4) is 0 Å². The molecular formula is C9H17NO3S. The van der Waals surface area contributed by atoms with Crippen LogP contribution < -0.4 is 0 Å². The lowest BCUT2D eigenvalue weighted by Crippen LogP contribution is -2.29. The fraction of sp³-hybridized carbons (Fsp3) is 0.778. The Labute approximate surface area is 88.7 Å². The number of rotatable bonds is 6. The number of nitrogens with zero attached hydrogens (tertiary/aromatic N) is 1. The summed E-state index contributed by atoms with van der Waals surface area (Å²) in [6.07, 6.45) is 0.160. The number of thioether (sulfide) groups is 1. The Morgan fingerprint density at radius 3 is 2.43 bits per heavy atom. The van der Waals surface area contributed by atoms with Gasteiger partial charge in [0.2, 0.25) is 5.91 Å². The largest absolute Gasteiger partial charge is 0.481 e. The van der Waals surface area contributed by atoms with Gasteiger partial charge in [-0.3, -0.25) is 9.59 Å². The predicted molar refractivity (Wildman–Crippen MR) is 57.4 cm³/mol. The lowest BCUT2D eigenvalue weighted by Gasteiger charge is -2.15. The number of hydrogen-bond donors (Lipinski definition) is 1. The number of carboxylic acids is 1.